The Labute approximate surface area is 310 Å². The zero-order valence-corrected chi connectivity index (χ0v) is 28.8. The van der Waals surface area contributed by atoms with Crippen LogP contribution in [0.25, 0.3) is 0 Å². The minimum Gasteiger partial charge on any atom is -0.394 e. The maximum atomic E-state index is 11.4. The highest BCUT2D eigenvalue weighted by Crippen LogP contribution is 2.35. The molecule has 25 atom stereocenters. The number of fused-ring (bicyclic) bond motifs is 8. The number of rotatable bonds is 5. The van der Waals surface area contributed by atoms with Gasteiger partial charge in [0.25, 0.3) is 0 Å². The molecule has 25 heteroatoms. The third-order valence-corrected chi connectivity index (χ3v) is 10.5. The van der Waals surface area contributed by atoms with E-state index in [1.165, 1.54) is 0 Å². The average molecular weight is 811 g/mol. The SMILES string of the molecule is OC[C@H]1O[C@@H](O[C@@H]2[C@@H](O)[C@H]3O[C@@H]4[C@@H](O)[C@@H](OC[C@@H]5O[C@@H](O[C@@H]6[C@@H](O)[C@@H](OC[C@@H](O3)[C@H]2O)O[C@H](CO)[C@H]6O)[C@@H](O)[C@H](O)[C@H]5O)O[C@H](CO)[C@H]4O)[C@H](O)[C@@H](O)[C@H]1O. The van der Waals surface area contributed by atoms with Crippen LogP contribution in [0.15, 0.2) is 0 Å². The molecule has 6 saturated heterocycles. The highest BCUT2D eigenvalue weighted by atomic mass is 16.8. The van der Waals surface area contributed by atoms with Crippen LogP contribution in [0, 0.1) is 0 Å². The van der Waals surface area contributed by atoms with Crippen LogP contribution in [0.2, 0.25) is 0 Å². The van der Waals surface area contributed by atoms with Gasteiger partial charge in [-0.25, -0.2) is 0 Å². The van der Waals surface area contributed by atoms with Crippen molar-refractivity contribution in [2.75, 3.05) is 33.0 Å². The summed E-state index contributed by atoms with van der Waals surface area (Å²) < 4.78 is 56.2. The summed E-state index contributed by atoms with van der Waals surface area (Å²) in [5.41, 5.74) is 0. The predicted octanol–water partition coefficient (Wildman–Crippen LogP) is -10.9. The largest absolute Gasteiger partial charge is 0.394 e. The van der Waals surface area contributed by atoms with E-state index in [1.807, 2.05) is 0 Å². The van der Waals surface area contributed by atoms with Crippen LogP contribution in [0.3, 0.4) is 0 Å². The summed E-state index contributed by atoms with van der Waals surface area (Å²) in [5.74, 6) is 0. The zero-order valence-electron chi connectivity index (χ0n) is 28.8. The van der Waals surface area contributed by atoms with Crippen molar-refractivity contribution >= 4 is 0 Å². The van der Waals surface area contributed by atoms with Gasteiger partial charge in [0.05, 0.1) is 33.0 Å². The summed E-state index contributed by atoms with van der Waals surface area (Å²) in [6, 6.07) is 0. The lowest BCUT2D eigenvalue weighted by Gasteiger charge is -2.49. The van der Waals surface area contributed by atoms with Crippen molar-refractivity contribution in [3.8, 4) is 0 Å². The molecule has 6 rings (SSSR count). The molecule has 0 spiro atoms. The van der Waals surface area contributed by atoms with Gasteiger partial charge >= 0.3 is 0 Å². The zero-order chi connectivity index (χ0) is 40.0. The first kappa shape index (κ1) is 43.6. The van der Waals surface area contributed by atoms with Crippen LogP contribution in [0.1, 0.15) is 0 Å². The molecule has 0 amide bonds. The van der Waals surface area contributed by atoms with E-state index < -0.39 is 187 Å². The fourth-order valence-corrected chi connectivity index (χ4v) is 7.21. The van der Waals surface area contributed by atoms with Gasteiger partial charge in [0.1, 0.15) is 122 Å². The van der Waals surface area contributed by atoms with E-state index in [-0.39, 0.29) is 0 Å². The summed E-state index contributed by atoms with van der Waals surface area (Å²) in [7, 11) is 0. The molecule has 0 aromatic heterocycles. The van der Waals surface area contributed by atoms with Crippen LogP contribution in [-0.2, 0) is 47.4 Å². The van der Waals surface area contributed by atoms with Crippen LogP contribution in [-0.4, -0.2) is 263 Å². The van der Waals surface area contributed by atoms with Crippen molar-refractivity contribution in [1.29, 1.82) is 0 Å². The monoisotopic (exact) mass is 810 g/mol. The lowest BCUT2D eigenvalue weighted by atomic mass is 9.95. The van der Waals surface area contributed by atoms with Gasteiger partial charge in [-0.1, -0.05) is 0 Å². The van der Waals surface area contributed by atoms with Crippen molar-refractivity contribution in [2.24, 2.45) is 0 Å². The highest BCUT2D eigenvalue weighted by molar-refractivity contribution is 4.99. The van der Waals surface area contributed by atoms with Gasteiger partial charge in [-0.3, -0.25) is 0 Å². The molecule has 8 bridgehead atoms. The molecular weight excluding hydrogens is 760 g/mol. The van der Waals surface area contributed by atoms with E-state index >= 15 is 0 Å². The fraction of sp³-hybridized carbons (Fsp3) is 1.00. The third-order valence-electron chi connectivity index (χ3n) is 10.5. The maximum Gasteiger partial charge on any atom is 0.187 e. The van der Waals surface area contributed by atoms with Gasteiger partial charge in [0, 0.05) is 0 Å². The molecule has 55 heavy (non-hydrogen) atoms. The number of hydrogen-bond donors (Lipinski definition) is 15. The molecule has 6 aliphatic rings. The lowest BCUT2D eigenvalue weighted by molar-refractivity contribution is -0.393. The molecule has 0 aromatic carbocycles. The topological polar surface area (TPSA) is 396 Å². The molecule has 6 heterocycles. The van der Waals surface area contributed by atoms with Crippen LogP contribution in [0.5, 0.6) is 0 Å². The number of aliphatic hydroxyl groups excluding tert-OH is 15. The maximum absolute atomic E-state index is 11.4. The van der Waals surface area contributed by atoms with Gasteiger partial charge < -0.3 is 124 Å². The average Bonchev–Trinajstić information content (AvgIpc) is 3.17. The van der Waals surface area contributed by atoms with Crippen molar-refractivity contribution in [2.45, 2.75) is 154 Å². The second-order valence-electron chi connectivity index (χ2n) is 14.1. The van der Waals surface area contributed by atoms with E-state index in [0.717, 1.165) is 0 Å². The molecule has 0 radical (unpaired) electrons. The molecule has 0 aromatic rings. The summed E-state index contributed by atoms with van der Waals surface area (Å²) >= 11 is 0. The Morgan fingerprint density at radius 3 is 1.29 bits per heavy atom. The first-order valence-corrected chi connectivity index (χ1v) is 17.6. The minimum atomic E-state index is -2.11. The Bertz CT molecular complexity index is 1220. The Kier molecular flexibility index (Phi) is 14.3. The minimum absolute atomic E-state index is 0.747. The first-order valence-electron chi connectivity index (χ1n) is 17.6. The van der Waals surface area contributed by atoms with Crippen molar-refractivity contribution in [3.63, 3.8) is 0 Å². The second kappa shape index (κ2) is 18.1. The third kappa shape index (κ3) is 8.55. The molecule has 6 fully saturated rings. The van der Waals surface area contributed by atoms with Crippen LogP contribution < -0.4 is 0 Å². The Hall–Kier alpha value is -1.00. The van der Waals surface area contributed by atoms with Gasteiger partial charge in [-0.15, -0.1) is 0 Å². The standard InChI is InChI=1S/C30H50O25/c31-1-6-11(34)16(39)18(41)28(50-6)54-25-15(38)10-5-47-27-20(43)23(13(36)7(2-32)49-27)53-29-19(42)17(40)12(35)9(51-29)4-46-26-21(44)24(14(37)8(3-33)48-26)55-30(52-10)22(25)45/h6-45H,1-5H2/t6-,7-,8-,9+,10-,11+,12+,13-,14-,15-,16+,17-,18-,19+,20-,21-,22-,23+,24+,25+,26+,27+,28+,29+,30-/m1/s1. The van der Waals surface area contributed by atoms with Gasteiger partial charge in [-0.05, 0) is 0 Å². The molecule has 6 aliphatic heterocycles. The smallest absolute Gasteiger partial charge is 0.187 e. The van der Waals surface area contributed by atoms with Crippen LogP contribution >= 0.6 is 0 Å². The first-order chi connectivity index (χ1) is 26.1. The number of hydrogen-bond acceptors (Lipinski definition) is 25. The molecule has 0 aliphatic carbocycles. The van der Waals surface area contributed by atoms with Gasteiger partial charge in [0.15, 0.2) is 31.5 Å². The number of ether oxygens (including phenoxy) is 10. The van der Waals surface area contributed by atoms with E-state index in [1.54, 1.807) is 0 Å². The van der Waals surface area contributed by atoms with Crippen molar-refractivity contribution in [1.82, 2.24) is 0 Å². The van der Waals surface area contributed by atoms with E-state index in [0.29, 0.717) is 0 Å². The Balaban J connectivity index is 1.34. The Morgan fingerprint density at radius 1 is 0.364 bits per heavy atom. The quantitative estimate of drug-likeness (QED) is 0.123. The normalized spacial score (nSPS) is 55.6. The molecular formula is C30H50O25. The summed E-state index contributed by atoms with van der Waals surface area (Å²) in [5, 5.41) is 160. The van der Waals surface area contributed by atoms with Crippen molar-refractivity contribution in [3.05, 3.63) is 0 Å². The van der Waals surface area contributed by atoms with E-state index in [4.69, 9.17) is 47.4 Å². The highest BCUT2D eigenvalue weighted by Gasteiger charge is 2.56. The molecule has 0 unspecified atom stereocenters. The van der Waals surface area contributed by atoms with Crippen molar-refractivity contribution < 1.29 is 124 Å². The van der Waals surface area contributed by atoms with Crippen LogP contribution in [0.4, 0.5) is 0 Å². The van der Waals surface area contributed by atoms with Gasteiger partial charge in [-0.2, -0.15) is 0 Å². The summed E-state index contributed by atoms with van der Waals surface area (Å²) in [4.78, 5) is 0. The van der Waals surface area contributed by atoms with E-state index in [9.17, 15) is 76.6 Å². The molecule has 0 saturated carbocycles. The Morgan fingerprint density at radius 2 is 0.800 bits per heavy atom. The molecule has 15 N–H and O–H groups in total. The predicted molar refractivity (Wildman–Crippen MR) is 163 cm³/mol. The molecule has 320 valence electrons. The lowest BCUT2D eigenvalue weighted by Crippen LogP contribution is -2.68. The number of aliphatic hydroxyl groups is 15. The second-order valence-corrected chi connectivity index (χ2v) is 14.1. The van der Waals surface area contributed by atoms with Gasteiger partial charge in [0.2, 0.25) is 0 Å². The fourth-order valence-electron chi connectivity index (χ4n) is 7.21. The summed E-state index contributed by atoms with van der Waals surface area (Å²) in [6.45, 7) is -4.18. The summed E-state index contributed by atoms with van der Waals surface area (Å²) in [6.07, 6.45) is -46.2. The molecule has 25 nitrogen and oxygen atoms in total. The van der Waals surface area contributed by atoms with E-state index in [2.05, 4.69) is 0 Å².